The number of hydrogen-bond acceptors (Lipinski definition) is 8. The molecule has 0 spiro atoms. The van der Waals surface area contributed by atoms with E-state index in [1.54, 1.807) is 12.5 Å². The molecule has 0 aliphatic heterocycles. The summed E-state index contributed by atoms with van der Waals surface area (Å²) in [6.07, 6.45) is 7.14. The Morgan fingerprint density at radius 1 is 0.386 bits per heavy atom. The summed E-state index contributed by atoms with van der Waals surface area (Å²) in [5.74, 6) is 5.91. The van der Waals surface area contributed by atoms with Crippen LogP contribution in [0.15, 0.2) is 43.0 Å². The van der Waals surface area contributed by atoms with Gasteiger partial charge in [0.1, 0.15) is 24.0 Å². The fraction of sp³-hybridized carbons (Fsp3) is 0.667. The van der Waals surface area contributed by atoms with E-state index in [1.165, 1.54) is 22.3 Å². The van der Waals surface area contributed by atoms with Gasteiger partial charge in [0.25, 0.3) is 0 Å². The molecule has 0 atom stereocenters. The van der Waals surface area contributed by atoms with Gasteiger partial charge in [0.2, 0.25) is 0 Å². The second-order valence-electron chi connectivity index (χ2n) is 13.8. The van der Waals surface area contributed by atoms with Gasteiger partial charge in [-0.05, 0) is 35.5 Å². The van der Waals surface area contributed by atoms with E-state index in [0.29, 0.717) is 47.3 Å². The quantitative estimate of drug-likeness (QED) is 0.193. The monoisotopic (exact) mass is 612 g/mol. The molecule has 0 aromatic carbocycles. The van der Waals surface area contributed by atoms with Crippen LogP contribution in [0.2, 0.25) is 0 Å². The molecule has 0 N–H and O–H groups in total. The SMILES string of the molecule is CC(C)c1cnoc1C(C)C.CC(C)c1cnoc1C(C)C.CC(C)c1conc1C(C)C.CC(C)c1conc1C(C)C. The summed E-state index contributed by atoms with van der Waals surface area (Å²) in [7, 11) is 0. The smallest absolute Gasteiger partial charge is 0.142 e. The summed E-state index contributed by atoms with van der Waals surface area (Å²) in [5, 5.41) is 15.5. The van der Waals surface area contributed by atoms with E-state index < -0.39 is 0 Å². The molecular formula is C36H60N4O4. The van der Waals surface area contributed by atoms with Crippen LogP contribution in [-0.4, -0.2) is 20.6 Å². The zero-order chi connectivity index (χ0) is 33.7. The Kier molecular flexibility index (Phi) is 16.4. The van der Waals surface area contributed by atoms with E-state index in [1.807, 2.05) is 12.4 Å². The van der Waals surface area contributed by atoms with Gasteiger partial charge in [-0.25, -0.2) is 0 Å². The molecular weight excluding hydrogens is 552 g/mol. The zero-order valence-corrected chi connectivity index (χ0v) is 30.4. The summed E-state index contributed by atoms with van der Waals surface area (Å²) in [6.45, 7) is 34.2. The first-order valence-corrected chi connectivity index (χ1v) is 16.3. The molecule has 4 aromatic heterocycles. The lowest BCUT2D eigenvalue weighted by atomic mass is 9.98. The van der Waals surface area contributed by atoms with Crippen molar-refractivity contribution >= 4 is 0 Å². The van der Waals surface area contributed by atoms with Gasteiger partial charge in [-0.2, -0.15) is 0 Å². The Labute approximate surface area is 266 Å². The summed E-state index contributed by atoms with van der Waals surface area (Å²) >= 11 is 0. The molecule has 8 nitrogen and oxygen atoms in total. The molecule has 44 heavy (non-hydrogen) atoms. The minimum atomic E-state index is 0.440. The fourth-order valence-corrected chi connectivity index (χ4v) is 4.50. The predicted octanol–water partition coefficient (Wildman–Crippen LogP) is 11.7. The lowest BCUT2D eigenvalue weighted by molar-refractivity contribution is 0.368. The van der Waals surface area contributed by atoms with Gasteiger partial charge in [-0.1, -0.05) is 131 Å². The van der Waals surface area contributed by atoms with Crippen LogP contribution in [0.4, 0.5) is 0 Å². The third-order valence-electron chi connectivity index (χ3n) is 7.14. The van der Waals surface area contributed by atoms with Crippen molar-refractivity contribution in [3.05, 3.63) is 70.1 Å². The van der Waals surface area contributed by atoms with E-state index in [2.05, 4.69) is 131 Å². The Balaban J connectivity index is 0.000000293. The van der Waals surface area contributed by atoms with Gasteiger partial charge in [0.05, 0.1) is 23.8 Å². The van der Waals surface area contributed by atoms with Crippen LogP contribution in [-0.2, 0) is 0 Å². The third kappa shape index (κ3) is 11.7. The van der Waals surface area contributed by atoms with Crippen molar-refractivity contribution < 1.29 is 18.1 Å². The van der Waals surface area contributed by atoms with Gasteiger partial charge in [-0.3, -0.25) is 0 Å². The molecule has 8 heteroatoms. The highest BCUT2D eigenvalue weighted by molar-refractivity contribution is 5.22. The molecule has 0 bridgehead atoms. The molecule has 248 valence electrons. The van der Waals surface area contributed by atoms with Crippen LogP contribution in [0.25, 0.3) is 0 Å². The lowest BCUT2D eigenvalue weighted by Crippen LogP contribution is -1.95. The first-order chi connectivity index (χ1) is 20.5. The van der Waals surface area contributed by atoms with E-state index in [-0.39, 0.29) is 0 Å². The maximum absolute atomic E-state index is 5.14. The van der Waals surface area contributed by atoms with Crippen LogP contribution in [0, 0.1) is 0 Å². The van der Waals surface area contributed by atoms with Crippen molar-refractivity contribution in [1.29, 1.82) is 0 Å². The highest BCUT2D eigenvalue weighted by atomic mass is 16.5. The molecule has 0 amide bonds. The van der Waals surface area contributed by atoms with Gasteiger partial charge in [0.15, 0.2) is 0 Å². The Morgan fingerprint density at radius 3 is 0.864 bits per heavy atom. The molecule has 4 heterocycles. The molecule has 0 saturated carbocycles. The van der Waals surface area contributed by atoms with Crippen molar-refractivity contribution in [2.75, 3.05) is 0 Å². The standard InChI is InChI=1S/4C9H15NO/c2*1-6(2)8-5-11-10-9(8)7(3)4;2*1-6(2)8-5-10-11-9(8)7(3)4/h4*5-7H,1-4H3. The fourth-order valence-electron chi connectivity index (χ4n) is 4.50. The number of nitrogens with zero attached hydrogens (tertiary/aromatic N) is 4. The minimum absolute atomic E-state index is 0.440. The van der Waals surface area contributed by atoms with Gasteiger partial charge < -0.3 is 18.1 Å². The number of hydrogen-bond donors (Lipinski definition) is 0. The van der Waals surface area contributed by atoms with Gasteiger partial charge in [-0.15, -0.1) is 0 Å². The average Bonchev–Trinajstić information content (AvgIpc) is 3.75. The van der Waals surface area contributed by atoms with Crippen LogP contribution in [0.5, 0.6) is 0 Å². The van der Waals surface area contributed by atoms with E-state index >= 15 is 0 Å². The average molecular weight is 613 g/mol. The first-order valence-electron chi connectivity index (χ1n) is 16.3. The summed E-state index contributed by atoms with van der Waals surface area (Å²) in [4.78, 5) is 0. The zero-order valence-electron chi connectivity index (χ0n) is 30.4. The van der Waals surface area contributed by atoms with E-state index in [9.17, 15) is 0 Å². The molecule has 0 unspecified atom stereocenters. The van der Waals surface area contributed by atoms with Crippen molar-refractivity contribution in [2.24, 2.45) is 0 Å². The molecule has 0 saturated heterocycles. The molecule has 0 aliphatic carbocycles. The molecule has 4 rings (SSSR count). The largest absolute Gasteiger partial charge is 0.364 e. The molecule has 4 aromatic rings. The van der Waals surface area contributed by atoms with Crippen LogP contribution < -0.4 is 0 Å². The van der Waals surface area contributed by atoms with Crippen molar-refractivity contribution in [1.82, 2.24) is 20.6 Å². The molecule has 0 radical (unpaired) electrons. The second-order valence-corrected chi connectivity index (χ2v) is 13.8. The number of aromatic nitrogens is 4. The maximum atomic E-state index is 5.14. The summed E-state index contributed by atoms with van der Waals surface area (Å²) < 4.78 is 20.1. The highest BCUT2D eigenvalue weighted by Gasteiger charge is 2.16. The maximum Gasteiger partial charge on any atom is 0.142 e. The van der Waals surface area contributed by atoms with Crippen LogP contribution >= 0.6 is 0 Å². The van der Waals surface area contributed by atoms with Crippen molar-refractivity contribution in [3.8, 4) is 0 Å². The topological polar surface area (TPSA) is 104 Å². The summed E-state index contributed by atoms with van der Waals surface area (Å²) in [6, 6.07) is 0. The minimum Gasteiger partial charge on any atom is -0.364 e. The normalized spacial score (nSPS) is 11.5. The van der Waals surface area contributed by atoms with E-state index in [4.69, 9.17) is 18.1 Å². The third-order valence-corrected chi connectivity index (χ3v) is 7.14. The highest BCUT2D eigenvalue weighted by Crippen LogP contribution is 2.27. The number of rotatable bonds is 8. The Bertz CT molecular complexity index is 1010. The first kappa shape index (κ1) is 38.9. The second kappa shape index (κ2) is 18.6. The Morgan fingerprint density at radius 2 is 0.682 bits per heavy atom. The van der Waals surface area contributed by atoms with Crippen LogP contribution in [0.1, 0.15) is 203 Å². The van der Waals surface area contributed by atoms with E-state index in [0.717, 1.165) is 22.9 Å². The molecule has 0 aliphatic rings. The van der Waals surface area contributed by atoms with Crippen LogP contribution in [0.3, 0.4) is 0 Å². The predicted molar refractivity (Wildman–Crippen MR) is 179 cm³/mol. The van der Waals surface area contributed by atoms with Gasteiger partial charge in [0, 0.05) is 34.1 Å². The van der Waals surface area contributed by atoms with Gasteiger partial charge >= 0.3 is 0 Å². The summed E-state index contributed by atoms with van der Waals surface area (Å²) in [5.41, 5.74) is 7.14. The van der Waals surface area contributed by atoms with Crippen molar-refractivity contribution in [2.45, 2.75) is 158 Å². The lowest BCUT2D eigenvalue weighted by Gasteiger charge is -2.05. The Hall–Kier alpha value is -3.16. The molecule has 0 fully saturated rings. The van der Waals surface area contributed by atoms with Crippen molar-refractivity contribution in [3.63, 3.8) is 0 Å².